The summed E-state index contributed by atoms with van der Waals surface area (Å²) in [6.07, 6.45) is 6.94. The number of halogens is 1. The summed E-state index contributed by atoms with van der Waals surface area (Å²) in [6.45, 7) is 0.764. The quantitative estimate of drug-likeness (QED) is 0.792. The molecule has 0 atom stereocenters. The lowest BCUT2D eigenvalue weighted by atomic mass is 9.91. The van der Waals surface area contributed by atoms with E-state index in [-0.39, 0.29) is 5.91 Å². The molecule has 1 aromatic rings. The van der Waals surface area contributed by atoms with Crippen molar-refractivity contribution in [3.63, 3.8) is 0 Å². The summed E-state index contributed by atoms with van der Waals surface area (Å²) in [4.78, 5) is 18.3. The van der Waals surface area contributed by atoms with E-state index in [0.29, 0.717) is 11.7 Å². The maximum Gasteiger partial charge on any atom is 0.274 e. The smallest absolute Gasteiger partial charge is 0.274 e. The Kier molecular flexibility index (Phi) is 3.63. The van der Waals surface area contributed by atoms with Crippen LogP contribution in [0, 0.1) is 0 Å². The van der Waals surface area contributed by atoms with Crippen LogP contribution in [-0.4, -0.2) is 38.3 Å². The second-order valence-electron chi connectivity index (χ2n) is 4.20. The summed E-state index contributed by atoms with van der Waals surface area (Å²) in [6, 6.07) is 0.423. The number of aromatic nitrogens is 2. The Labute approximate surface area is 104 Å². The fourth-order valence-electron chi connectivity index (χ4n) is 1.91. The van der Waals surface area contributed by atoms with Gasteiger partial charge < -0.3 is 9.47 Å². The number of aryl methyl sites for hydroxylation is 1. The van der Waals surface area contributed by atoms with E-state index in [1.165, 1.54) is 6.42 Å². The number of hydrogen-bond donors (Lipinski definition) is 0. The van der Waals surface area contributed by atoms with Crippen molar-refractivity contribution in [3.05, 3.63) is 18.2 Å². The van der Waals surface area contributed by atoms with E-state index < -0.39 is 0 Å². The van der Waals surface area contributed by atoms with E-state index in [1.54, 1.807) is 17.1 Å². The predicted octanol–water partition coefficient (Wildman–Crippen LogP) is 1.81. The molecule has 1 saturated carbocycles. The SMILES string of the molecule is Cn1cnc(C(=O)N(CCBr)C2CCC2)c1. The Bertz CT molecular complexity index is 373. The van der Waals surface area contributed by atoms with Gasteiger partial charge in [-0.3, -0.25) is 4.79 Å². The van der Waals surface area contributed by atoms with Crippen LogP contribution in [0.15, 0.2) is 12.5 Å². The van der Waals surface area contributed by atoms with Gasteiger partial charge in [-0.2, -0.15) is 0 Å². The molecule has 4 nitrogen and oxygen atoms in total. The largest absolute Gasteiger partial charge is 0.340 e. The average Bonchev–Trinajstić information content (AvgIpc) is 2.60. The number of nitrogens with zero attached hydrogens (tertiary/aromatic N) is 3. The highest BCUT2D eigenvalue weighted by atomic mass is 79.9. The topological polar surface area (TPSA) is 38.1 Å². The van der Waals surface area contributed by atoms with E-state index in [1.807, 2.05) is 11.9 Å². The van der Waals surface area contributed by atoms with Gasteiger partial charge in [-0.15, -0.1) is 0 Å². The number of carbonyl (C=O) groups excluding carboxylic acids is 1. The van der Waals surface area contributed by atoms with Crippen LogP contribution in [-0.2, 0) is 7.05 Å². The Morgan fingerprint density at radius 3 is 2.88 bits per heavy atom. The number of alkyl halides is 1. The molecule has 1 fully saturated rings. The number of carbonyl (C=O) groups is 1. The van der Waals surface area contributed by atoms with Gasteiger partial charge in [0.2, 0.25) is 0 Å². The van der Waals surface area contributed by atoms with Crippen molar-refractivity contribution in [1.29, 1.82) is 0 Å². The molecule has 16 heavy (non-hydrogen) atoms. The van der Waals surface area contributed by atoms with Crippen molar-refractivity contribution >= 4 is 21.8 Å². The molecular weight excluding hydrogens is 270 g/mol. The van der Waals surface area contributed by atoms with Crippen LogP contribution >= 0.6 is 15.9 Å². The van der Waals surface area contributed by atoms with Gasteiger partial charge in [-0.1, -0.05) is 15.9 Å². The van der Waals surface area contributed by atoms with Gasteiger partial charge >= 0.3 is 0 Å². The molecule has 0 aliphatic heterocycles. The highest BCUT2D eigenvalue weighted by Gasteiger charge is 2.29. The molecule has 2 rings (SSSR count). The van der Waals surface area contributed by atoms with Crippen molar-refractivity contribution in [2.24, 2.45) is 7.05 Å². The highest BCUT2D eigenvalue weighted by molar-refractivity contribution is 9.09. The normalized spacial score (nSPS) is 15.9. The molecule has 0 unspecified atom stereocenters. The summed E-state index contributed by atoms with van der Waals surface area (Å²) in [5.41, 5.74) is 0.551. The lowest BCUT2D eigenvalue weighted by Gasteiger charge is -2.36. The van der Waals surface area contributed by atoms with Crippen molar-refractivity contribution in [2.45, 2.75) is 25.3 Å². The third-order valence-corrected chi connectivity index (χ3v) is 3.38. The number of hydrogen-bond acceptors (Lipinski definition) is 2. The molecule has 1 heterocycles. The maximum atomic E-state index is 12.2. The third kappa shape index (κ3) is 2.29. The third-order valence-electron chi connectivity index (χ3n) is 3.03. The van der Waals surface area contributed by atoms with Crippen LogP contribution in [0.4, 0.5) is 0 Å². The zero-order valence-corrected chi connectivity index (χ0v) is 11.0. The Hall–Kier alpha value is -0.840. The van der Waals surface area contributed by atoms with Crippen molar-refractivity contribution in [2.75, 3.05) is 11.9 Å². The molecule has 0 spiro atoms. The second-order valence-corrected chi connectivity index (χ2v) is 4.99. The van der Waals surface area contributed by atoms with E-state index in [9.17, 15) is 4.79 Å². The van der Waals surface area contributed by atoms with E-state index >= 15 is 0 Å². The Morgan fingerprint density at radius 1 is 1.69 bits per heavy atom. The van der Waals surface area contributed by atoms with Crippen LogP contribution in [0.2, 0.25) is 0 Å². The zero-order valence-electron chi connectivity index (χ0n) is 9.40. The summed E-state index contributed by atoms with van der Waals surface area (Å²) in [5, 5.41) is 0.822. The van der Waals surface area contributed by atoms with Crippen LogP contribution in [0.3, 0.4) is 0 Å². The summed E-state index contributed by atoms with van der Waals surface area (Å²) < 4.78 is 1.81. The Morgan fingerprint density at radius 2 is 2.44 bits per heavy atom. The lowest BCUT2D eigenvalue weighted by Crippen LogP contribution is -2.45. The number of imidazole rings is 1. The molecule has 1 amide bonds. The molecule has 5 heteroatoms. The van der Waals surface area contributed by atoms with Gasteiger partial charge in [0.15, 0.2) is 0 Å². The molecule has 0 bridgehead atoms. The number of amides is 1. The first kappa shape index (κ1) is 11.6. The monoisotopic (exact) mass is 285 g/mol. The highest BCUT2D eigenvalue weighted by Crippen LogP contribution is 2.25. The fraction of sp³-hybridized carbons (Fsp3) is 0.636. The molecule has 1 aromatic heterocycles. The molecule has 88 valence electrons. The molecule has 0 radical (unpaired) electrons. The van der Waals surface area contributed by atoms with Gasteiger partial charge in [0.25, 0.3) is 5.91 Å². The van der Waals surface area contributed by atoms with Gasteiger partial charge in [0, 0.05) is 31.2 Å². The first-order chi connectivity index (χ1) is 7.72. The molecule has 0 saturated heterocycles. The first-order valence-electron chi connectivity index (χ1n) is 5.57. The van der Waals surface area contributed by atoms with E-state index in [0.717, 1.165) is 24.7 Å². The second kappa shape index (κ2) is 4.99. The molecule has 1 aliphatic carbocycles. The lowest BCUT2D eigenvalue weighted by molar-refractivity contribution is 0.0594. The first-order valence-corrected chi connectivity index (χ1v) is 6.69. The minimum Gasteiger partial charge on any atom is -0.340 e. The van der Waals surface area contributed by atoms with Crippen LogP contribution in [0.1, 0.15) is 29.8 Å². The zero-order chi connectivity index (χ0) is 11.5. The molecular formula is C11H16BrN3O. The fourth-order valence-corrected chi connectivity index (χ4v) is 2.29. The van der Waals surface area contributed by atoms with Gasteiger partial charge in [0.05, 0.1) is 6.33 Å². The molecule has 1 aliphatic rings. The van der Waals surface area contributed by atoms with Crippen LogP contribution in [0.25, 0.3) is 0 Å². The maximum absolute atomic E-state index is 12.2. The van der Waals surface area contributed by atoms with E-state index in [4.69, 9.17) is 0 Å². The standard InChI is InChI=1S/C11H16BrN3O/c1-14-7-10(13-8-14)11(16)15(6-5-12)9-3-2-4-9/h7-9H,2-6H2,1H3. The van der Waals surface area contributed by atoms with Crippen molar-refractivity contribution in [1.82, 2.24) is 14.5 Å². The molecule has 0 N–H and O–H groups in total. The van der Waals surface area contributed by atoms with Gasteiger partial charge in [-0.25, -0.2) is 4.98 Å². The minimum atomic E-state index is 0.0600. The average molecular weight is 286 g/mol. The number of rotatable bonds is 4. The minimum absolute atomic E-state index is 0.0600. The van der Waals surface area contributed by atoms with Crippen molar-refractivity contribution in [3.8, 4) is 0 Å². The summed E-state index contributed by atoms with van der Waals surface area (Å²) in [7, 11) is 1.88. The summed E-state index contributed by atoms with van der Waals surface area (Å²) in [5.74, 6) is 0.0600. The van der Waals surface area contributed by atoms with E-state index in [2.05, 4.69) is 20.9 Å². The van der Waals surface area contributed by atoms with Gasteiger partial charge in [0.1, 0.15) is 5.69 Å². The summed E-state index contributed by atoms with van der Waals surface area (Å²) >= 11 is 3.40. The molecule has 0 aromatic carbocycles. The van der Waals surface area contributed by atoms with Crippen LogP contribution in [0.5, 0.6) is 0 Å². The predicted molar refractivity (Wildman–Crippen MR) is 65.7 cm³/mol. The Balaban J connectivity index is 2.09. The van der Waals surface area contributed by atoms with Gasteiger partial charge in [-0.05, 0) is 19.3 Å². The van der Waals surface area contributed by atoms with Crippen molar-refractivity contribution < 1.29 is 4.79 Å². The van der Waals surface area contributed by atoms with Crippen LogP contribution < -0.4 is 0 Å².